The van der Waals surface area contributed by atoms with Crippen LogP contribution in [0.4, 0.5) is 14.9 Å². The summed E-state index contributed by atoms with van der Waals surface area (Å²) in [4.78, 5) is 40.0. The number of hydrogen-bond donors (Lipinski definition) is 2. The van der Waals surface area contributed by atoms with E-state index in [4.69, 9.17) is 4.74 Å². The van der Waals surface area contributed by atoms with Gasteiger partial charge in [0.25, 0.3) is 5.91 Å². The zero-order valence-corrected chi connectivity index (χ0v) is 19.7. The van der Waals surface area contributed by atoms with E-state index >= 15 is 0 Å². The number of nitrogens with one attached hydrogen (secondary N) is 2. The van der Waals surface area contributed by atoms with Gasteiger partial charge >= 0.3 is 6.09 Å². The number of rotatable bonds is 7. The number of ether oxygens (including phenoxy) is 1. The third-order valence-electron chi connectivity index (χ3n) is 6.37. The van der Waals surface area contributed by atoms with Crippen molar-refractivity contribution < 1.29 is 23.5 Å². The van der Waals surface area contributed by atoms with Gasteiger partial charge in [-0.3, -0.25) is 14.5 Å². The molecule has 1 heterocycles. The molecule has 1 saturated heterocycles. The van der Waals surface area contributed by atoms with Crippen molar-refractivity contribution in [2.24, 2.45) is 0 Å². The van der Waals surface area contributed by atoms with E-state index in [1.165, 1.54) is 23.1 Å². The molecule has 2 fully saturated rings. The van der Waals surface area contributed by atoms with Crippen molar-refractivity contribution in [2.75, 3.05) is 5.32 Å². The Kier molecular flexibility index (Phi) is 6.41. The smallest absolute Gasteiger partial charge is 0.411 e. The highest BCUT2D eigenvalue weighted by molar-refractivity contribution is 6.04. The molecule has 0 bridgehead atoms. The van der Waals surface area contributed by atoms with Gasteiger partial charge in [0.1, 0.15) is 5.82 Å². The number of benzene rings is 3. The van der Waals surface area contributed by atoms with Crippen LogP contribution in [0.1, 0.15) is 46.0 Å². The van der Waals surface area contributed by atoms with E-state index in [2.05, 4.69) is 10.6 Å². The second kappa shape index (κ2) is 9.81. The number of carbonyl (C=O) groups is 3. The molecule has 2 aliphatic rings. The average molecular weight is 488 g/mol. The van der Waals surface area contributed by atoms with Gasteiger partial charge < -0.3 is 15.4 Å². The fraction of sp³-hybridized carbons (Fsp3) is 0.250. The molecule has 0 spiro atoms. The molecular weight excluding hydrogens is 461 g/mol. The van der Waals surface area contributed by atoms with Crippen LogP contribution in [0.5, 0.6) is 0 Å². The summed E-state index contributed by atoms with van der Waals surface area (Å²) < 4.78 is 19.6. The molecule has 36 heavy (non-hydrogen) atoms. The van der Waals surface area contributed by atoms with Gasteiger partial charge in [0.15, 0.2) is 12.1 Å². The first-order valence-corrected chi connectivity index (χ1v) is 11.9. The van der Waals surface area contributed by atoms with Gasteiger partial charge in [-0.1, -0.05) is 54.1 Å². The molecule has 0 aromatic heterocycles. The zero-order valence-electron chi connectivity index (χ0n) is 19.7. The summed E-state index contributed by atoms with van der Waals surface area (Å²) in [5.41, 5.74) is 3.01. The molecule has 1 aliphatic heterocycles. The average Bonchev–Trinajstić information content (AvgIpc) is 3.62. The summed E-state index contributed by atoms with van der Waals surface area (Å²) in [6, 6.07) is 19.5. The minimum absolute atomic E-state index is 0.0603. The summed E-state index contributed by atoms with van der Waals surface area (Å²) in [6.07, 6.45) is 0.477. The molecule has 2 atom stereocenters. The fourth-order valence-corrected chi connectivity index (χ4v) is 4.21. The lowest BCUT2D eigenvalue weighted by molar-refractivity contribution is -0.126. The van der Waals surface area contributed by atoms with Gasteiger partial charge in [0.2, 0.25) is 5.91 Å². The minimum Gasteiger partial charge on any atom is -0.438 e. The maximum absolute atomic E-state index is 13.9. The first kappa shape index (κ1) is 23.5. The topological polar surface area (TPSA) is 87.7 Å². The van der Waals surface area contributed by atoms with Crippen LogP contribution in [0.15, 0.2) is 72.8 Å². The quantitative estimate of drug-likeness (QED) is 0.505. The molecule has 7 nitrogen and oxygen atoms in total. The SMILES string of the molecule is Cc1ccc(CN2C(=O)O[C@@H](c3ccc(NC(=O)c4ccccc4F)cc3)[C@H]2C(=O)NC2CC2)cc1. The molecule has 1 aliphatic carbocycles. The van der Waals surface area contributed by atoms with Crippen molar-refractivity contribution in [1.29, 1.82) is 0 Å². The van der Waals surface area contributed by atoms with E-state index in [0.717, 1.165) is 24.0 Å². The standard InChI is InChI=1S/C28H26FN3O4/c1-17-6-8-18(9-7-17)16-32-24(27(34)31-21-14-15-21)25(36-28(32)35)19-10-12-20(13-11-19)30-26(33)22-4-2-3-5-23(22)29/h2-13,21,24-25H,14-16H2,1H3,(H,30,33)(H,31,34)/t24-,25-/m0/s1. The number of cyclic esters (lactones) is 1. The predicted molar refractivity (Wildman–Crippen MR) is 132 cm³/mol. The Balaban J connectivity index is 1.36. The highest BCUT2D eigenvalue weighted by Gasteiger charge is 2.47. The van der Waals surface area contributed by atoms with Crippen molar-refractivity contribution in [3.8, 4) is 0 Å². The van der Waals surface area contributed by atoms with Gasteiger partial charge in [-0.25, -0.2) is 9.18 Å². The number of halogens is 1. The van der Waals surface area contributed by atoms with Gasteiger partial charge in [-0.15, -0.1) is 0 Å². The first-order chi connectivity index (χ1) is 17.4. The van der Waals surface area contributed by atoms with E-state index in [0.29, 0.717) is 11.3 Å². The number of nitrogens with zero attached hydrogens (tertiary/aromatic N) is 1. The Bertz CT molecular complexity index is 1290. The van der Waals surface area contributed by atoms with Gasteiger partial charge in [-0.05, 0) is 55.2 Å². The molecule has 5 rings (SSSR count). The Morgan fingerprint density at radius 2 is 1.69 bits per heavy atom. The normalized spacial score (nSPS) is 19.1. The Morgan fingerprint density at radius 3 is 2.36 bits per heavy atom. The lowest BCUT2D eigenvalue weighted by Gasteiger charge is -2.24. The summed E-state index contributed by atoms with van der Waals surface area (Å²) in [5, 5.41) is 5.66. The van der Waals surface area contributed by atoms with Crippen LogP contribution in [-0.4, -0.2) is 34.9 Å². The number of anilines is 1. The largest absolute Gasteiger partial charge is 0.438 e. The van der Waals surface area contributed by atoms with Crippen LogP contribution >= 0.6 is 0 Å². The Hall–Kier alpha value is -4.20. The summed E-state index contributed by atoms with van der Waals surface area (Å²) in [6.45, 7) is 2.23. The third-order valence-corrected chi connectivity index (χ3v) is 6.37. The van der Waals surface area contributed by atoms with Gasteiger partial charge in [0, 0.05) is 11.7 Å². The van der Waals surface area contributed by atoms with Crippen molar-refractivity contribution in [3.63, 3.8) is 0 Å². The summed E-state index contributed by atoms with van der Waals surface area (Å²) in [5.74, 6) is -1.43. The van der Waals surface area contributed by atoms with E-state index in [1.807, 2.05) is 31.2 Å². The number of carbonyl (C=O) groups excluding carboxylic acids is 3. The highest BCUT2D eigenvalue weighted by atomic mass is 19.1. The lowest BCUT2D eigenvalue weighted by Crippen LogP contribution is -2.46. The minimum atomic E-state index is -0.835. The first-order valence-electron chi connectivity index (χ1n) is 11.9. The maximum atomic E-state index is 13.9. The molecular formula is C28H26FN3O4. The van der Waals surface area contributed by atoms with Crippen LogP contribution in [-0.2, 0) is 16.1 Å². The van der Waals surface area contributed by atoms with Crippen molar-refractivity contribution in [2.45, 2.75) is 44.5 Å². The van der Waals surface area contributed by atoms with Crippen molar-refractivity contribution in [1.82, 2.24) is 10.2 Å². The molecule has 3 aromatic rings. The van der Waals surface area contributed by atoms with Crippen LogP contribution in [0.2, 0.25) is 0 Å². The van der Waals surface area contributed by atoms with E-state index in [9.17, 15) is 18.8 Å². The predicted octanol–water partition coefficient (Wildman–Crippen LogP) is 4.73. The molecule has 0 radical (unpaired) electrons. The summed E-state index contributed by atoms with van der Waals surface area (Å²) in [7, 11) is 0. The van der Waals surface area contributed by atoms with Crippen molar-refractivity contribution >= 4 is 23.6 Å². The van der Waals surface area contributed by atoms with Gasteiger partial charge in [0.05, 0.1) is 12.1 Å². The van der Waals surface area contributed by atoms with Crippen LogP contribution < -0.4 is 10.6 Å². The lowest BCUT2D eigenvalue weighted by atomic mass is 10.00. The fourth-order valence-electron chi connectivity index (χ4n) is 4.21. The van der Waals surface area contributed by atoms with Crippen LogP contribution in [0.3, 0.4) is 0 Å². The van der Waals surface area contributed by atoms with E-state index in [1.54, 1.807) is 30.3 Å². The number of amides is 3. The molecule has 3 aromatic carbocycles. The molecule has 3 amide bonds. The molecule has 0 unspecified atom stereocenters. The zero-order chi connectivity index (χ0) is 25.2. The van der Waals surface area contributed by atoms with Crippen LogP contribution in [0.25, 0.3) is 0 Å². The number of hydrogen-bond acceptors (Lipinski definition) is 4. The van der Waals surface area contributed by atoms with Gasteiger partial charge in [-0.2, -0.15) is 0 Å². The molecule has 1 saturated carbocycles. The second-order valence-corrected chi connectivity index (χ2v) is 9.20. The number of aryl methyl sites for hydroxylation is 1. The Morgan fingerprint density at radius 1 is 1.00 bits per heavy atom. The highest BCUT2D eigenvalue weighted by Crippen LogP contribution is 2.35. The monoisotopic (exact) mass is 487 g/mol. The second-order valence-electron chi connectivity index (χ2n) is 9.20. The van der Waals surface area contributed by atoms with E-state index < -0.39 is 30.0 Å². The molecule has 8 heteroatoms. The molecule has 2 N–H and O–H groups in total. The van der Waals surface area contributed by atoms with Crippen LogP contribution in [0, 0.1) is 12.7 Å². The van der Waals surface area contributed by atoms with Crippen molar-refractivity contribution in [3.05, 3.63) is 101 Å². The van der Waals surface area contributed by atoms with E-state index in [-0.39, 0.29) is 24.1 Å². The summed E-state index contributed by atoms with van der Waals surface area (Å²) >= 11 is 0. The third kappa shape index (κ3) is 5.07. The maximum Gasteiger partial charge on any atom is 0.411 e. The molecule has 184 valence electrons. The Labute approximate surface area is 208 Å².